The molecule has 96 valence electrons. The Bertz CT molecular complexity index is 480. The summed E-state index contributed by atoms with van der Waals surface area (Å²) in [6.07, 6.45) is 0. The lowest BCUT2D eigenvalue weighted by Gasteiger charge is -2.18. The van der Waals surface area contributed by atoms with Gasteiger partial charge in [-0.15, -0.1) is 0 Å². The minimum absolute atomic E-state index is 0.0413. The maximum Gasteiger partial charge on any atom is 0.257 e. The summed E-state index contributed by atoms with van der Waals surface area (Å²) < 4.78 is 0.967. The molecule has 0 radical (unpaired) electrons. The second-order valence-corrected chi connectivity index (χ2v) is 6.30. The molecule has 18 heavy (non-hydrogen) atoms. The number of hydrogen-bond acceptors (Lipinski definition) is 3. The van der Waals surface area contributed by atoms with Crippen LogP contribution in [0.25, 0.3) is 0 Å². The lowest BCUT2D eigenvalue weighted by atomic mass is 10.0. The van der Waals surface area contributed by atoms with Crippen molar-refractivity contribution in [1.82, 2.24) is 10.2 Å². The summed E-state index contributed by atoms with van der Waals surface area (Å²) in [5.74, 6) is 1.20. The molecule has 5 heteroatoms. The summed E-state index contributed by atoms with van der Waals surface area (Å²) in [4.78, 5) is 14.3. The molecule has 0 aromatic heterocycles. The third-order valence-electron chi connectivity index (χ3n) is 3.87. The second kappa shape index (κ2) is 4.70. The average Bonchev–Trinajstić information content (AvgIpc) is 2.91. The van der Waals surface area contributed by atoms with Gasteiger partial charge in [0.05, 0.1) is 5.56 Å². The fraction of sp³-hybridized carbons (Fsp3) is 0.462. The number of nitrogens with zero attached hydrogens (tertiary/aromatic N) is 1. The number of nitrogens with one attached hydrogen (secondary N) is 1. The number of amides is 1. The predicted octanol–water partition coefficient (Wildman–Crippen LogP) is 1.29. The van der Waals surface area contributed by atoms with E-state index < -0.39 is 0 Å². The Morgan fingerprint density at radius 2 is 2.00 bits per heavy atom. The van der Waals surface area contributed by atoms with E-state index in [4.69, 9.17) is 0 Å². The topological polar surface area (TPSA) is 52.6 Å². The van der Waals surface area contributed by atoms with Gasteiger partial charge >= 0.3 is 0 Å². The molecule has 0 bridgehead atoms. The number of likely N-dealkylation sites (tertiary alicyclic amines) is 1. The molecule has 4 nitrogen and oxygen atoms in total. The highest BCUT2D eigenvalue weighted by Crippen LogP contribution is 2.29. The van der Waals surface area contributed by atoms with Gasteiger partial charge in [-0.2, -0.15) is 0 Å². The van der Waals surface area contributed by atoms with Crippen LogP contribution in [0.15, 0.2) is 18.2 Å². The van der Waals surface area contributed by atoms with Crippen molar-refractivity contribution in [3.63, 3.8) is 0 Å². The molecule has 1 amide bonds. The molecular weight excluding hydrogens is 343 g/mol. The lowest BCUT2D eigenvalue weighted by Crippen LogP contribution is -2.31. The van der Waals surface area contributed by atoms with Crippen molar-refractivity contribution >= 4 is 28.5 Å². The van der Waals surface area contributed by atoms with Gasteiger partial charge in [-0.1, -0.05) is 0 Å². The average molecular weight is 358 g/mol. The zero-order valence-corrected chi connectivity index (χ0v) is 12.1. The molecule has 0 aliphatic carbocycles. The van der Waals surface area contributed by atoms with Crippen LogP contribution in [0.4, 0.5) is 0 Å². The molecule has 0 saturated carbocycles. The highest BCUT2D eigenvalue weighted by atomic mass is 127. The smallest absolute Gasteiger partial charge is 0.257 e. The number of carbonyl (C=O) groups is 1. The van der Waals surface area contributed by atoms with Crippen LogP contribution < -0.4 is 5.32 Å². The Morgan fingerprint density at radius 1 is 1.33 bits per heavy atom. The number of carbonyl (C=O) groups excluding carboxylic acids is 1. The maximum absolute atomic E-state index is 12.4. The molecule has 2 saturated heterocycles. The summed E-state index contributed by atoms with van der Waals surface area (Å²) >= 11 is 2.15. The van der Waals surface area contributed by atoms with Crippen molar-refractivity contribution in [1.29, 1.82) is 0 Å². The van der Waals surface area contributed by atoms with Gasteiger partial charge in [-0.3, -0.25) is 4.79 Å². The summed E-state index contributed by atoms with van der Waals surface area (Å²) in [5, 5.41) is 13.2. The number of aromatic hydroxyl groups is 1. The summed E-state index contributed by atoms with van der Waals surface area (Å²) in [5.41, 5.74) is 0.426. The number of fused-ring (bicyclic) bond motifs is 1. The fourth-order valence-electron chi connectivity index (χ4n) is 2.87. The van der Waals surface area contributed by atoms with Crippen molar-refractivity contribution in [2.45, 2.75) is 0 Å². The molecule has 2 atom stereocenters. The van der Waals surface area contributed by atoms with Crippen LogP contribution in [-0.4, -0.2) is 42.1 Å². The van der Waals surface area contributed by atoms with E-state index >= 15 is 0 Å². The largest absolute Gasteiger partial charge is 0.507 e. The molecule has 0 spiro atoms. The quantitative estimate of drug-likeness (QED) is 0.744. The van der Waals surface area contributed by atoms with Gasteiger partial charge < -0.3 is 15.3 Å². The van der Waals surface area contributed by atoms with E-state index in [2.05, 4.69) is 27.9 Å². The third kappa shape index (κ3) is 2.09. The van der Waals surface area contributed by atoms with Crippen LogP contribution in [0.5, 0.6) is 5.75 Å². The molecule has 2 fully saturated rings. The number of benzene rings is 1. The standard InChI is InChI=1S/C13H15IN2O2/c14-10-1-2-12(17)11(3-10)13(18)16-6-8-4-15-5-9(8)7-16/h1-3,8-9,15,17H,4-7H2. The highest BCUT2D eigenvalue weighted by molar-refractivity contribution is 14.1. The lowest BCUT2D eigenvalue weighted by molar-refractivity contribution is 0.0778. The molecule has 2 heterocycles. The van der Waals surface area contributed by atoms with Gasteiger partial charge in [0, 0.05) is 29.7 Å². The SMILES string of the molecule is O=C(c1cc(I)ccc1O)N1CC2CNCC2C1. The zero-order chi connectivity index (χ0) is 12.7. The van der Waals surface area contributed by atoms with E-state index in [0.717, 1.165) is 29.7 Å². The van der Waals surface area contributed by atoms with E-state index in [1.165, 1.54) is 0 Å². The first kappa shape index (κ1) is 12.2. The Kier molecular flexibility index (Phi) is 3.19. The van der Waals surface area contributed by atoms with Crippen LogP contribution in [0.2, 0.25) is 0 Å². The van der Waals surface area contributed by atoms with Crippen LogP contribution in [-0.2, 0) is 0 Å². The number of rotatable bonds is 1. The minimum atomic E-state index is -0.0413. The summed E-state index contributed by atoms with van der Waals surface area (Å²) in [7, 11) is 0. The molecule has 2 aliphatic rings. The zero-order valence-electron chi connectivity index (χ0n) is 9.90. The Morgan fingerprint density at radius 3 is 2.67 bits per heavy atom. The third-order valence-corrected chi connectivity index (χ3v) is 4.54. The normalized spacial score (nSPS) is 26.4. The molecule has 2 unspecified atom stereocenters. The van der Waals surface area contributed by atoms with Gasteiger partial charge in [0.2, 0.25) is 0 Å². The van der Waals surface area contributed by atoms with Crippen molar-refractivity contribution in [3.05, 3.63) is 27.3 Å². The molecule has 3 rings (SSSR count). The van der Waals surface area contributed by atoms with Crippen LogP contribution >= 0.6 is 22.6 Å². The molecular formula is C13H15IN2O2. The maximum atomic E-state index is 12.4. The molecule has 2 aliphatic heterocycles. The van der Waals surface area contributed by atoms with Crippen molar-refractivity contribution < 1.29 is 9.90 Å². The van der Waals surface area contributed by atoms with Gasteiger partial charge in [0.15, 0.2) is 0 Å². The van der Waals surface area contributed by atoms with Gasteiger partial charge in [0.1, 0.15) is 5.75 Å². The predicted molar refractivity (Wildman–Crippen MR) is 76.6 cm³/mol. The summed E-state index contributed by atoms with van der Waals surface area (Å²) in [6.45, 7) is 3.63. The first-order chi connectivity index (χ1) is 8.65. The molecule has 2 N–H and O–H groups in total. The fourth-order valence-corrected chi connectivity index (χ4v) is 3.36. The summed E-state index contributed by atoms with van der Waals surface area (Å²) in [6, 6.07) is 5.15. The van der Waals surface area contributed by atoms with Crippen LogP contribution in [0, 0.1) is 15.4 Å². The van der Waals surface area contributed by atoms with E-state index in [0.29, 0.717) is 17.4 Å². The first-order valence-electron chi connectivity index (χ1n) is 6.13. The van der Waals surface area contributed by atoms with Crippen molar-refractivity contribution in [2.75, 3.05) is 26.2 Å². The Balaban J connectivity index is 1.81. The Labute approximate surface area is 120 Å². The number of phenols is 1. The van der Waals surface area contributed by atoms with Gasteiger partial charge in [0.25, 0.3) is 5.91 Å². The van der Waals surface area contributed by atoms with Crippen molar-refractivity contribution in [2.24, 2.45) is 11.8 Å². The van der Waals surface area contributed by atoms with Crippen molar-refractivity contribution in [3.8, 4) is 5.75 Å². The van der Waals surface area contributed by atoms with E-state index in [-0.39, 0.29) is 11.7 Å². The number of halogens is 1. The number of hydrogen-bond donors (Lipinski definition) is 2. The van der Waals surface area contributed by atoms with E-state index in [9.17, 15) is 9.90 Å². The Hall–Kier alpha value is -0.820. The molecule has 1 aromatic rings. The minimum Gasteiger partial charge on any atom is -0.507 e. The van der Waals surface area contributed by atoms with E-state index in [1.54, 1.807) is 18.2 Å². The van der Waals surface area contributed by atoms with Gasteiger partial charge in [-0.25, -0.2) is 0 Å². The second-order valence-electron chi connectivity index (χ2n) is 5.05. The first-order valence-corrected chi connectivity index (χ1v) is 7.21. The van der Waals surface area contributed by atoms with Crippen LogP contribution in [0.1, 0.15) is 10.4 Å². The number of phenolic OH excluding ortho intramolecular Hbond substituents is 1. The van der Waals surface area contributed by atoms with Gasteiger partial charge in [-0.05, 0) is 52.6 Å². The highest BCUT2D eigenvalue weighted by Gasteiger charge is 2.38. The molecule has 1 aromatic carbocycles. The van der Waals surface area contributed by atoms with E-state index in [1.807, 2.05) is 4.90 Å². The van der Waals surface area contributed by atoms with Crippen LogP contribution in [0.3, 0.4) is 0 Å². The monoisotopic (exact) mass is 358 g/mol.